The van der Waals surface area contributed by atoms with E-state index < -0.39 is 0 Å². The van der Waals surface area contributed by atoms with Gasteiger partial charge in [-0.25, -0.2) is 4.98 Å². The summed E-state index contributed by atoms with van der Waals surface area (Å²) in [5.74, 6) is 0.724. The number of rotatable bonds is 3. The molecule has 2 N–H and O–H groups in total. The minimum Gasteiger partial charge on any atom is -0.374 e. The van der Waals surface area contributed by atoms with E-state index in [-0.39, 0.29) is 0 Å². The fourth-order valence-electron chi connectivity index (χ4n) is 0.945. The first-order valence-electron chi connectivity index (χ1n) is 4.07. The van der Waals surface area contributed by atoms with Gasteiger partial charge in [0.15, 0.2) is 4.34 Å². The molecule has 15 heavy (non-hydrogen) atoms. The van der Waals surface area contributed by atoms with Crippen LogP contribution >= 0.6 is 34.7 Å². The average Bonchev–Trinajstić information content (AvgIpc) is 2.63. The number of thioether (sulfide) groups is 1. The van der Waals surface area contributed by atoms with Crippen LogP contribution in [0.1, 0.15) is 5.56 Å². The van der Waals surface area contributed by atoms with Gasteiger partial charge in [-0.3, -0.25) is 0 Å². The summed E-state index contributed by atoms with van der Waals surface area (Å²) >= 11 is 8.83. The van der Waals surface area contributed by atoms with Crippen LogP contribution in [0.15, 0.2) is 22.7 Å². The molecule has 2 aromatic rings. The standard InChI is InChI=1S/C8H7ClN4S2/c9-6-5(2-1-3-11-6)4-14-8-13-12-7(10)15-8/h1-3H,4H2,(H2,10,12). The fraction of sp³-hybridized carbons (Fsp3) is 0.125. The second kappa shape index (κ2) is 4.78. The predicted molar refractivity (Wildman–Crippen MR) is 63.1 cm³/mol. The molecule has 0 saturated heterocycles. The first-order chi connectivity index (χ1) is 7.25. The highest BCUT2D eigenvalue weighted by Crippen LogP contribution is 2.28. The lowest BCUT2D eigenvalue weighted by atomic mass is 10.3. The first-order valence-corrected chi connectivity index (χ1v) is 6.25. The number of hydrogen-bond donors (Lipinski definition) is 1. The Kier molecular flexibility index (Phi) is 3.40. The Morgan fingerprint density at radius 3 is 3.00 bits per heavy atom. The van der Waals surface area contributed by atoms with Crippen molar-refractivity contribution in [1.29, 1.82) is 0 Å². The number of halogens is 1. The maximum atomic E-state index is 5.91. The van der Waals surface area contributed by atoms with Crippen molar-refractivity contribution < 1.29 is 0 Å². The molecule has 0 amide bonds. The summed E-state index contributed by atoms with van der Waals surface area (Å²) in [6, 6.07) is 3.79. The molecule has 2 rings (SSSR count). The summed E-state index contributed by atoms with van der Waals surface area (Å²) in [7, 11) is 0. The Hall–Kier alpha value is -0.850. The van der Waals surface area contributed by atoms with Gasteiger partial charge in [0.05, 0.1) is 0 Å². The Morgan fingerprint density at radius 1 is 1.47 bits per heavy atom. The second-order valence-electron chi connectivity index (χ2n) is 2.65. The molecule has 0 radical (unpaired) electrons. The number of aromatic nitrogens is 3. The van der Waals surface area contributed by atoms with Crippen LogP contribution in [0.3, 0.4) is 0 Å². The van der Waals surface area contributed by atoms with Gasteiger partial charge in [-0.05, 0) is 11.6 Å². The van der Waals surface area contributed by atoms with Crippen LogP contribution in [-0.4, -0.2) is 15.2 Å². The van der Waals surface area contributed by atoms with E-state index in [0.29, 0.717) is 10.3 Å². The van der Waals surface area contributed by atoms with Gasteiger partial charge >= 0.3 is 0 Å². The van der Waals surface area contributed by atoms with E-state index in [2.05, 4.69) is 15.2 Å². The van der Waals surface area contributed by atoms with Crippen LogP contribution in [0.5, 0.6) is 0 Å². The van der Waals surface area contributed by atoms with Crippen molar-refractivity contribution in [2.45, 2.75) is 10.1 Å². The summed E-state index contributed by atoms with van der Waals surface area (Å²) in [6.45, 7) is 0. The molecule has 0 bridgehead atoms. The number of anilines is 1. The van der Waals surface area contributed by atoms with Crippen molar-refractivity contribution in [1.82, 2.24) is 15.2 Å². The van der Waals surface area contributed by atoms with Gasteiger partial charge in [0, 0.05) is 11.9 Å². The molecule has 78 valence electrons. The minimum atomic E-state index is 0.481. The SMILES string of the molecule is Nc1nnc(SCc2cccnc2Cl)s1. The van der Waals surface area contributed by atoms with Gasteiger partial charge in [-0.1, -0.05) is 40.8 Å². The third-order valence-electron chi connectivity index (χ3n) is 1.61. The number of nitrogen functional groups attached to an aromatic ring is 1. The van der Waals surface area contributed by atoms with E-state index in [1.165, 1.54) is 11.3 Å². The number of hydrogen-bond acceptors (Lipinski definition) is 6. The molecule has 7 heteroatoms. The summed E-state index contributed by atoms with van der Waals surface area (Å²) < 4.78 is 0.840. The third kappa shape index (κ3) is 2.80. The highest BCUT2D eigenvalue weighted by atomic mass is 35.5. The lowest BCUT2D eigenvalue weighted by Crippen LogP contribution is -1.84. The van der Waals surface area contributed by atoms with Crippen LogP contribution in [0.2, 0.25) is 5.15 Å². The van der Waals surface area contributed by atoms with Crippen molar-refractivity contribution >= 4 is 39.8 Å². The molecular weight excluding hydrogens is 252 g/mol. The van der Waals surface area contributed by atoms with Gasteiger partial charge in [0.1, 0.15) is 5.15 Å². The predicted octanol–water partition coefficient (Wildman–Crippen LogP) is 2.46. The van der Waals surface area contributed by atoms with E-state index in [1.807, 2.05) is 12.1 Å². The Labute approximate surface area is 99.9 Å². The molecular formula is C8H7ClN4S2. The van der Waals surface area contributed by atoms with E-state index in [9.17, 15) is 0 Å². The summed E-state index contributed by atoms with van der Waals surface area (Å²) in [5, 5.41) is 8.64. The van der Waals surface area contributed by atoms with E-state index in [4.69, 9.17) is 17.3 Å². The molecule has 0 fully saturated rings. The highest BCUT2D eigenvalue weighted by Gasteiger charge is 2.05. The molecule has 0 spiro atoms. The lowest BCUT2D eigenvalue weighted by Gasteiger charge is -1.99. The van der Waals surface area contributed by atoms with Crippen molar-refractivity contribution in [3.63, 3.8) is 0 Å². The van der Waals surface area contributed by atoms with Crippen LogP contribution in [0.4, 0.5) is 5.13 Å². The van der Waals surface area contributed by atoms with Crippen LogP contribution in [0.25, 0.3) is 0 Å². The third-order valence-corrected chi connectivity index (χ3v) is 3.88. The molecule has 0 unspecified atom stereocenters. The second-order valence-corrected chi connectivity index (χ2v) is 5.24. The summed E-state index contributed by atoms with van der Waals surface area (Å²) in [6.07, 6.45) is 1.67. The molecule has 2 aromatic heterocycles. The maximum Gasteiger partial charge on any atom is 0.203 e. The molecule has 0 aliphatic heterocycles. The van der Waals surface area contributed by atoms with Crippen molar-refractivity contribution in [3.8, 4) is 0 Å². The van der Waals surface area contributed by atoms with Crippen molar-refractivity contribution in [2.75, 3.05) is 5.73 Å². The van der Waals surface area contributed by atoms with E-state index in [0.717, 1.165) is 15.7 Å². The molecule has 0 saturated carbocycles. The zero-order chi connectivity index (χ0) is 10.7. The summed E-state index contributed by atoms with van der Waals surface area (Å²) in [5.41, 5.74) is 6.45. The zero-order valence-electron chi connectivity index (χ0n) is 7.55. The summed E-state index contributed by atoms with van der Waals surface area (Å²) in [4.78, 5) is 3.99. The molecule has 0 aliphatic carbocycles. The van der Waals surface area contributed by atoms with Gasteiger partial charge in [-0.2, -0.15) is 0 Å². The minimum absolute atomic E-state index is 0.481. The molecule has 2 heterocycles. The average molecular weight is 259 g/mol. The smallest absolute Gasteiger partial charge is 0.203 e. The Bertz CT molecular complexity index is 459. The number of pyridine rings is 1. The van der Waals surface area contributed by atoms with Crippen molar-refractivity contribution in [3.05, 3.63) is 29.0 Å². The quantitative estimate of drug-likeness (QED) is 0.677. The Morgan fingerprint density at radius 2 is 2.33 bits per heavy atom. The van der Waals surface area contributed by atoms with Crippen molar-refractivity contribution in [2.24, 2.45) is 0 Å². The lowest BCUT2D eigenvalue weighted by molar-refractivity contribution is 1.02. The largest absolute Gasteiger partial charge is 0.374 e. The first kappa shape index (κ1) is 10.7. The fourth-order valence-corrected chi connectivity index (χ4v) is 2.83. The Balaban J connectivity index is 2.02. The molecule has 0 aromatic carbocycles. The number of nitrogens with two attached hydrogens (primary N) is 1. The molecule has 0 aliphatic rings. The number of nitrogens with zero attached hydrogens (tertiary/aromatic N) is 3. The highest BCUT2D eigenvalue weighted by molar-refractivity contribution is 8.00. The molecule has 4 nitrogen and oxygen atoms in total. The van der Waals surface area contributed by atoms with Gasteiger partial charge in [0.2, 0.25) is 5.13 Å². The monoisotopic (exact) mass is 258 g/mol. The van der Waals surface area contributed by atoms with Gasteiger partial charge < -0.3 is 5.73 Å². The maximum absolute atomic E-state index is 5.91. The van der Waals surface area contributed by atoms with E-state index in [1.54, 1.807) is 18.0 Å². The normalized spacial score (nSPS) is 10.5. The van der Waals surface area contributed by atoms with E-state index >= 15 is 0 Å². The van der Waals surface area contributed by atoms with Crippen LogP contribution in [0, 0.1) is 0 Å². The zero-order valence-corrected chi connectivity index (χ0v) is 9.94. The van der Waals surface area contributed by atoms with Gasteiger partial charge in [0.25, 0.3) is 0 Å². The topological polar surface area (TPSA) is 64.7 Å². The van der Waals surface area contributed by atoms with Crippen LogP contribution < -0.4 is 5.73 Å². The molecule has 0 atom stereocenters. The van der Waals surface area contributed by atoms with Crippen LogP contribution in [-0.2, 0) is 5.75 Å². The van der Waals surface area contributed by atoms with Gasteiger partial charge in [-0.15, -0.1) is 10.2 Å².